The minimum absolute atomic E-state index is 0.00638. The molecule has 0 bridgehead atoms. The van der Waals surface area contributed by atoms with Gasteiger partial charge in [0, 0.05) is 26.2 Å². The van der Waals surface area contributed by atoms with E-state index in [2.05, 4.69) is 31.0 Å². The smallest absolute Gasteiger partial charge is 0.274 e. The molecule has 1 N–H and O–H groups in total. The summed E-state index contributed by atoms with van der Waals surface area (Å²) in [6.45, 7) is 4.36. The second-order valence-corrected chi connectivity index (χ2v) is 10.5. The van der Waals surface area contributed by atoms with Crippen molar-refractivity contribution in [3.05, 3.63) is 27.7 Å². The Labute approximate surface area is 184 Å². The average Bonchev–Trinajstić information content (AvgIpc) is 3.40. The van der Waals surface area contributed by atoms with Gasteiger partial charge in [-0.15, -0.1) is 11.3 Å². The number of carbonyl (C=O) groups excluding carboxylic acids is 1. The van der Waals surface area contributed by atoms with E-state index in [1.807, 2.05) is 23.1 Å². The first kappa shape index (κ1) is 21.0. The predicted molar refractivity (Wildman–Crippen MR) is 119 cm³/mol. The van der Waals surface area contributed by atoms with Gasteiger partial charge in [-0.2, -0.15) is 5.10 Å². The lowest BCUT2D eigenvalue weighted by molar-refractivity contribution is 0.0313. The van der Waals surface area contributed by atoms with Gasteiger partial charge in [-0.05, 0) is 78.8 Å². The van der Waals surface area contributed by atoms with Gasteiger partial charge in [0.15, 0.2) is 5.69 Å². The molecule has 0 radical (unpaired) electrons. The maximum Gasteiger partial charge on any atom is 0.274 e. The van der Waals surface area contributed by atoms with E-state index < -0.39 is 0 Å². The molecule has 2 atom stereocenters. The monoisotopic (exact) mass is 480 g/mol. The van der Waals surface area contributed by atoms with Crippen LogP contribution in [0.25, 0.3) is 10.6 Å². The number of amides is 1. The summed E-state index contributed by atoms with van der Waals surface area (Å²) in [6.07, 6.45) is 6.31. The second-order valence-electron chi connectivity index (χ2n) is 8.02. The standard InChI is InChI=1S/C21H29BrN4O2S/c1-28-12-11-26(14-15-5-4-10-25-9-3-2-6-18(15)25)21(27)17-13-16(23-24-17)19-7-8-20(22)29-19/h7-8,13,15,18H,2-6,9-12,14H2,1H3,(H,23,24)/t15-,18-/m0/s1. The number of nitrogens with one attached hydrogen (secondary N) is 1. The Kier molecular flexibility index (Phi) is 7.05. The third-order valence-electron chi connectivity index (χ3n) is 6.17. The first-order valence-corrected chi connectivity index (χ1v) is 12.1. The topological polar surface area (TPSA) is 61.5 Å². The van der Waals surface area contributed by atoms with Crippen LogP contribution in [0.4, 0.5) is 0 Å². The Morgan fingerprint density at radius 3 is 3.00 bits per heavy atom. The highest BCUT2D eigenvalue weighted by Gasteiger charge is 2.35. The maximum atomic E-state index is 13.3. The van der Waals surface area contributed by atoms with Crippen molar-refractivity contribution in [2.45, 2.75) is 38.1 Å². The molecule has 0 unspecified atom stereocenters. The molecule has 2 aliphatic rings. The summed E-state index contributed by atoms with van der Waals surface area (Å²) in [5.74, 6) is 0.532. The predicted octanol–water partition coefficient (Wildman–Crippen LogP) is 4.25. The number of halogens is 1. The van der Waals surface area contributed by atoms with Crippen molar-refractivity contribution in [2.75, 3.05) is 39.9 Å². The Bertz CT molecular complexity index is 821. The normalized spacial score (nSPS) is 22.4. The molecular formula is C21H29BrN4O2S. The molecule has 6 nitrogen and oxygen atoms in total. The van der Waals surface area contributed by atoms with E-state index >= 15 is 0 Å². The minimum atomic E-state index is -0.00638. The van der Waals surface area contributed by atoms with Crippen molar-refractivity contribution in [3.8, 4) is 10.6 Å². The lowest BCUT2D eigenvalue weighted by Crippen LogP contribution is -2.52. The highest BCUT2D eigenvalue weighted by atomic mass is 79.9. The molecule has 2 fully saturated rings. The SMILES string of the molecule is COCCN(C[C@@H]1CCCN2CCCC[C@@H]12)C(=O)c1cc(-c2ccc(Br)s2)[nH]n1. The summed E-state index contributed by atoms with van der Waals surface area (Å²) in [5, 5.41) is 7.36. The Morgan fingerprint density at radius 2 is 2.21 bits per heavy atom. The summed E-state index contributed by atoms with van der Waals surface area (Å²) >= 11 is 5.12. The van der Waals surface area contributed by atoms with E-state index in [1.54, 1.807) is 18.4 Å². The number of hydrogen-bond acceptors (Lipinski definition) is 5. The fourth-order valence-electron chi connectivity index (χ4n) is 4.73. The van der Waals surface area contributed by atoms with Crippen LogP contribution in [0.5, 0.6) is 0 Å². The molecule has 2 aromatic heterocycles. The molecule has 2 aliphatic heterocycles. The third-order valence-corrected chi connectivity index (χ3v) is 7.83. The van der Waals surface area contributed by atoms with E-state index in [0.717, 1.165) is 20.9 Å². The molecule has 0 aliphatic carbocycles. The van der Waals surface area contributed by atoms with Gasteiger partial charge in [-0.25, -0.2) is 0 Å². The fourth-order valence-corrected chi connectivity index (χ4v) is 6.08. The molecule has 29 heavy (non-hydrogen) atoms. The number of aromatic amines is 1. The van der Waals surface area contributed by atoms with Gasteiger partial charge in [0.05, 0.1) is 21.0 Å². The van der Waals surface area contributed by atoms with Crippen LogP contribution in [0.15, 0.2) is 22.0 Å². The molecule has 1 amide bonds. The van der Waals surface area contributed by atoms with Gasteiger partial charge in [-0.1, -0.05) is 6.42 Å². The molecule has 2 saturated heterocycles. The van der Waals surface area contributed by atoms with E-state index in [1.165, 1.54) is 45.2 Å². The summed E-state index contributed by atoms with van der Waals surface area (Å²) < 4.78 is 6.36. The van der Waals surface area contributed by atoms with Crippen LogP contribution in [0.3, 0.4) is 0 Å². The van der Waals surface area contributed by atoms with Gasteiger partial charge < -0.3 is 14.5 Å². The van der Waals surface area contributed by atoms with Crippen molar-refractivity contribution >= 4 is 33.2 Å². The Balaban J connectivity index is 1.48. The van der Waals surface area contributed by atoms with Crippen LogP contribution < -0.4 is 0 Å². The van der Waals surface area contributed by atoms with Crippen LogP contribution in [0, 0.1) is 5.92 Å². The third kappa shape index (κ3) is 4.93. The molecule has 158 valence electrons. The largest absolute Gasteiger partial charge is 0.383 e. The van der Waals surface area contributed by atoms with Gasteiger partial charge >= 0.3 is 0 Å². The first-order chi connectivity index (χ1) is 14.2. The zero-order valence-electron chi connectivity index (χ0n) is 16.9. The summed E-state index contributed by atoms with van der Waals surface area (Å²) in [4.78, 5) is 19.0. The molecule has 8 heteroatoms. The van der Waals surface area contributed by atoms with Crippen molar-refractivity contribution in [3.63, 3.8) is 0 Å². The summed E-state index contributed by atoms with van der Waals surface area (Å²) in [5.41, 5.74) is 1.36. The Hall–Kier alpha value is -1.22. The van der Waals surface area contributed by atoms with Gasteiger partial charge in [0.2, 0.25) is 0 Å². The number of piperidine rings is 2. The average molecular weight is 481 g/mol. The quantitative estimate of drug-likeness (QED) is 0.642. The van der Waals surface area contributed by atoms with Crippen molar-refractivity contribution in [2.24, 2.45) is 5.92 Å². The van der Waals surface area contributed by atoms with Crippen molar-refractivity contribution < 1.29 is 9.53 Å². The molecule has 4 heterocycles. The van der Waals surface area contributed by atoms with Crippen LogP contribution >= 0.6 is 27.3 Å². The fraction of sp³-hybridized carbons (Fsp3) is 0.619. The number of fused-ring (bicyclic) bond motifs is 1. The second kappa shape index (κ2) is 9.73. The Morgan fingerprint density at radius 1 is 1.34 bits per heavy atom. The first-order valence-electron chi connectivity index (χ1n) is 10.5. The van der Waals surface area contributed by atoms with Crippen molar-refractivity contribution in [1.82, 2.24) is 20.0 Å². The van der Waals surface area contributed by atoms with E-state index in [4.69, 9.17) is 4.74 Å². The molecule has 0 aromatic carbocycles. The number of thiophene rings is 1. The minimum Gasteiger partial charge on any atom is -0.383 e. The highest BCUT2D eigenvalue weighted by Crippen LogP contribution is 2.32. The molecule has 2 aromatic rings. The number of rotatable bonds is 7. The van der Waals surface area contributed by atoms with Crippen LogP contribution in [0.1, 0.15) is 42.6 Å². The highest BCUT2D eigenvalue weighted by molar-refractivity contribution is 9.11. The number of hydrogen-bond donors (Lipinski definition) is 1. The van der Waals surface area contributed by atoms with Gasteiger partial charge in [0.25, 0.3) is 5.91 Å². The summed E-state index contributed by atoms with van der Waals surface area (Å²) in [6, 6.07) is 6.52. The lowest BCUT2D eigenvalue weighted by atomic mass is 9.83. The van der Waals surface area contributed by atoms with Crippen LogP contribution in [-0.4, -0.2) is 71.8 Å². The van der Waals surface area contributed by atoms with Gasteiger partial charge in [0.1, 0.15) is 0 Å². The maximum absolute atomic E-state index is 13.3. The van der Waals surface area contributed by atoms with Gasteiger partial charge in [-0.3, -0.25) is 9.89 Å². The van der Waals surface area contributed by atoms with E-state index in [-0.39, 0.29) is 5.91 Å². The van der Waals surface area contributed by atoms with Crippen molar-refractivity contribution in [1.29, 1.82) is 0 Å². The number of methoxy groups -OCH3 is 1. The molecular weight excluding hydrogens is 452 g/mol. The molecule has 4 rings (SSSR count). The van der Waals surface area contributed by atoms with E-state index in [9.17, 15) is 4.79 Å². The van der Waals surface area contributed by atoms with Crippen LogP contribution in [0.2, 0.25) is 0 Å². The number of carbonyl (C=O) groups is 1. The number of ether oxygens (including phenoxy) is 1. The molecule has 0 spiro atoms. The number of H-pyrrole nitrogens is 1. The number of nitrogens with zero attached hydrogens (tertiary/aromatic N) is 3. The lowest BCUT2D eigenvalue weighted by Gasteiger charge is -2.45. The molecule has 0 saturated carbocycles. The van der Waals surface area contributed by atoms with Crippen LogP contribution in [-0.2, 0) is 4.74 Å². The summed E-state index contributed by atoms with van der Waals surface area (Å²) in [7, 11) is 1.69. The zero-order chi connectivity index (χ0) is 20.2. The van der Waals surface area contributed by atoms with E-state index in [0.29, 0.717) is 30.8 Å². The zero-order valence-corrected chi connectivity index (χ0v) is 19.3. The number of aromatic nitrogens is 2.